The molecular weight excluding hydrogens is 276 g/mol. The molecule has 0 heterocycles. The largest absolute Gasteiger partial charge is 0.409 e. The van der Waals surface area contributed by atoms with Crippen molar-refractivity contribution in [3.05, 3.63) is 28.7 Å². The fourth-order valence-corrected chi connectivity index (χ4v) is 2.32. The molecule has 3 N–H and O–H groups in total. The van der Waals surface area contributed by atoms with Crippen LogP contribution in [0.15, 0.2) is 38.8 Å². The number of nitrogens with two attached hydrogens (primary N) is 1. The Balaban J connectivity index is 2.71. The Bertz CT molecular complexity index is 340. The number of hydrogen-bond acceptors (Lipinski definition) is 3. The summed E-state index contributed by atoms with van der Waals surface area (Å²) in [6, 6.07) is 7.95. The highest BCUT2D eigenvalue weighted by molar-refractivity contribution is 9.10. The monoisotopic (exact) mass is 288 g/mol. The van der Waals surface area contributed by atoms with Gasteiger partial charge in [-0.05, 0) is 30.7 Å². The lowest BCUT2D eigenvalue weighted by Gasteiger charge is -2.12. The first-order chi connectivity index (χ1) is 7.17. The minimum Gasteiger partial charge on any atom is -0.409 e. The van der Waals surface area contributed by atoms with E-state index in [0.29, 0.717) is 0 Å². The summed E-state index contributed by atoms with van der Waals surface area (Å²) < 4.78 is 1.05. The molecule has 0 aliphatic heterocycles. The lowest BCUT2D eigenvalue weighted by Crippen LogP contribution is -2.25. The molecule has 0 aliphatic rings. The average molecular weight is 289 g/mol. The van der Waals surface area contributed by atoms with Crippen LogP contribution in [-0.4, -0.2) is 16.3 Å². The molecule has 3 nitrogen and oxygen atoms in total. The van der Waals surface area contributed by atoms with E-state index in [1.54, 1.807) is 11.8 Å². The quantitative estimate of drug-likeness (QED) is 0.294. The van der Waals surface area contributed by atoms with Crippen molar-refractivity contribution in [3.8, 4) is 0 Å². The molecular formula is C10H13BrN2OS. The molecule has 1 aromatic carbocycles. The van der Waals surface area contributed by atoms with Crippen LogP contribution in [-0.2, 0) is 0 Å². The molecule has 0 fully saturated rings. The van der Waals surface area contributed by atoms with E-state index in [0.717, 1.165) is 15.8 Å². The molecule has 0 spiro atoms. The number of amidine groups is 1. The maximum atomic E-state index is 8.60. The number of nitrogens with zero attached hydrogens (tertiary/aromatic N) is 1. The minimum absolute atomic E-state index is 0.0242. The molecule has 0 aromatic heterocycles. The van der Waals surface area contributed by atoms with Crippen LogP contribution in [0.25, 0.3) is 0 Å². The minimum atomic E-state index is 0.0242. The van der Waals surface area contributed by atoms with E-state index in [4.69, 9.17) is 10.9 Å². The van der Waals surface area contributed by atoms with Gasteiger partial charge in [-0.1, -0.05) is 28.0 Å². The normalized spacial score (nSPS) is 13.9. The lowest BCUT2D eigenvalue weighted by molar-refractivity contribution is 0.317. The van der Waals surface area contributed by atoms with Crippen LogP contribution < -0.4 is 5.73 Å². The summed E-state index contributed by atoms with van der Waals surface area (Å²) in [4.78, 5) is 1.11. The van der Waals surface area contributed by atoms with Crippen molar-refractivity contribution in [2.75, 3.05) is 0 Å². The highest BCUT2D eigenvalue weighted by atomic mass is 79.9. The molecule has 1 rings (SSSR count). The molecule has 0 bridgehead atoms. The smallest absolute Gasteiger partial charge is 0.152 e. The number of hydrogen-bond donors (Lipinski definition) is 2. The summed E-state index contributed by atoms with van der Waals surface area (Å²) in [5.74, 6) is 0.269. The fraction of sp³-hybridized carbons (Fsp3) is 0.300. The van der Waals surface area contributed by atoms with Gasteiger partial charge in [0.05, 0.1) is 5.25 Å². The molecule has 1 atom stereocenters. The van der Waals surface area contributed by atoms with Gasteiger partial charge in [-0.3, -0.25) is 0 Å². The molecule has 1 aromatic rings. The van der Waals surface area contributed by atoms with Crippen LogP contribution in [0.4, 0.5) is 0 Å². The first-order valence-corrected chi connectivity index (χ1v) is 6.24. The van der Waals surface area contributed by atoms with Gasteiger partial charge in [-0.2, -0.15) is 0 Å². The zero-order chi connectivity index (χ0) is 11.3. The third-order valence-corrected chi connectivity index (χ3v) is 3.84. The van der Waals surface area contributed by atoms with Crippen molar-refractivity contribution in [1.82, 2.24) is 0 Å². The van der Waals surface area contributed by atoms with Gasteiger partial charge in [0.15, 0.2) is 5.84 Å². The Morgan fingerprint density at radius 3 is 2.60 bits per heavy atom. The molecule has 0 saturated heterocycles. The molecule has 15 heavy (non-hydrogen) atoms. The topological polar surface area (TPSA) is 58.6 Å². The first kappa shape index (κ1) is 12.4. The summed E-state index contributed by atoms with van der Waals surface area (Å²) in [6.45, 7) is 2.01. The standard InChI is InChI=1S/C10H13BrN2OS/c1-2-9(10(12)13-14)15-8-5-3-7(11)4-6-8/h3-6,9,14H,2H2,1H3,(H2,12,13). The number of benzene rings is 1. The molecule has 0 amide bonds. The Kier molecular flexibility index (Phi) is 4.98. The second-order valence-corrected chi connectivity index (χ2v) is 5.19. The Hall–Kier alpha value is -0.680. The van der Waals surface area contributed by atoms with Crippen LogP contribution in [0.2, 0.25) is 0 Å². The lowest BCUT2D eigenvalue weighted by atomic mass is 10.3. The highest BCUT2D eigenvalue weighted by Crippen LogP contribution is 2.26. The van der Waals surface area contributed by atoms with Crippen molar-refractivity contribution >= 4 is 33.5 Å². The second-order valence-electron chi connectivity index (χ2n) is 2.99. The Labute approximate surface area is 102 Å². The summed E-state index contributed by atoms with van der Waals surface area (Å²) in [7, 11) is 0. The van der Waals surface area contributed by atoms with Crippen LogP contribution in [0.5, 0.6) is 0 Å². The van der Waals surface area contributed by atoms with E-state index >= 15 is 0 Å². The Morgan fingerprint density at radius 1 is 1.53 bits per heavy atom. The van der Waals surface area contributed by atoms with Gasteiger partial charge in [-0.25, -0.2) is 0 Å². The van der Waals surface area contributed by atoms with Gasteiger partial charge in [0.2, 0.25) is 0 Å². The second kappa shape index (κ2) is 6.02. The zero-order valence-electron chi connectivity index (χ0n) is 8.35. The van der Waals surface area contributed by atoms with E-state index in [9.17, 15) is 0 Å². The maximum Gasteiger partial charge on any atom is 0.152 e. The predicted molar refractivity (Wildman–Crippen MR) is 67.5 cm³/mol. The highest BCUT2D eigenvalue weighted by Gasteiger charge is 2.12. The van der Waals surface area contributed by atoms with Crippen LogP contribution in [0.1, 0.15) is 13.3 Å². The molecule has 5 heteroatoms. The molecule has 1 unspecified atom stereocenters. The van der Waals surface area contributed by atoms with Gasteiger partial charge in [0.25, 0.3) is 0 Å². The van der Waals surface area contributed by atoms with Crippen molar-refractivity contribution in [1.29, 1.82) is 0 Å². The van der Waals surface area contributed by atoms with Crippen molar-refractivity contribution in [3.63, 3.8) is 0 Å². The van der Waals surface area contributed by atoms with Crippen LogP contribution in [0, 0.1) is 0 Å². The van der Waals surface area contributed by atoms with Crippen LogP contribution in [0.3, 0.4) is 0 Å². The van der Waals surface area contributed by atoms with Gasteiger partial charge >= 0.3 is 0 Å². The molecule has 0 radical (unpaired) electrons. The SMILES string of the molecule is CCC(Sc1ccc(Br)cc1)C(N)=NO. The van der Waals surface area contributed by atoms with Gasteiger partial charge in [0.1, 0.15) is 0 Å². The summed E-state index contributed by atoms with van der Waals surface area (Å²) in [5, 5.41) is 11.7. The van der Waals surface area contributed by atoms with E-state index in [2.05, 4.69) is 21.1 Å². The number of thioether (sulfide) groups is 1. The number of oxime groups is 1. The van der Waals surface area contributed by atoms with E-state index < -0.39 is 0 Å². The van der Waals surface area contributed by atoms with Crippen molar-refractivity contribution in [2.24, 2.45) is 10.9 Å². The summed E-state index contributed by atoms with van der Waals surface area (Å²) in [5.41, 5.74) is 5.58. The molecule has 82 valence electrons. The molecule has 0 saturated carbocycles. The van der Waals surface area contributed by atoms with E-state index in [1.165, 1.54) is 0 Å². The third-order valence-electron chi connectivity index (χ3n) is 1.91. The third kappa shape index (κ3) is 3.76. The Morgan fingerprint density at radius 2 is 2.13 bits per heavy atom. The maximum absolute atomic E-state index is 8.60. The first-order valence-electron chi connectivity index (χ1n) is 4.57. The van der Waals surface area contributed by atoms with Gasteiger partial charge in [0, 0.05) is 9.37 Å². The van der Waals surface area contributed by atoms with E-state index in [1.807, 2.05) is 31.2 Å². The predicted octanol–water partition coefficient (Wildman–Crippen LogP) is 3.07. The number of rotatable bonds is 4. The van der Waals surface area contributed by atoms with Gasteiger partial charge in [-0.15, -0.1) is 11.8 Å². The van der Waals surface area contributed by atoms with Gasteiger partial charge < -0.3 is 10.9 Å². The molecule has 0 aliphatic carbocycles. The summed E-state index contributed by atoms with van der Waals surface area (Å²) in [6.07, 6.45) is 0.830. The van der Waals surface area contributed by atoms with Crippen LogP contribution >= 0.6 is 27.7 Å². The zero-order valence-corrected chi connectivity index (χ0v) is 10.8. The fourth-order valence-electron chi connectivity index (χ4n) is 1.09. The van der Waals surface area contributed by atoms with E-state index in [-0.39, 0.29) is 11.1 Å². The number of halogens is 1. The summed E-state index contributed by atoms with van der Waals surface area (Å²) >= 11 is 4.97. The van der Waals surface area contributed by atoms with Crippen molar-refractivity contribution < 1.29 is 5.21 Å². The average Bonchev–Trinajstić information content (AvgIpc) is 2.27. The van der Waals surface area contributed by atoms with Crippen molar-refractivity contribution in [2.45, 2.75) is 23.5 Å².